The number of carbonyl (C=O) groups is 3. The molecule has 2 aromatic carbocycles. The Hall–Kier alpha value is -3.17. The number of aryl methyl sites for hydroxylation is 1. The molecule has 2 aliphatic rings. The van der Waals surface area contributed by atoms with Gasteiger partial charge in [0.1, 0.15) is 12.4 Å². The Kier molecular flexibility index (Phi) is 6.57. The lowest BCUT2D eigenvalue weighted by Gasteiger charge is -2.29. The molecular weight excluding hydrogens is 433 g/mol. The fourth-order valence-electron chi connectivity index (χ4n) is 3.44. The van der Waals surface area contributed by atoms with E-state index >= 15 is 0 Å². The molecular formula is C23H22FN3O4S. The maximum atomic E-state index is 14.6. The molecule has 0 aliphatic carbocycles. The van der Waals surface area contributed by atoms with E-state index in [2.05, 4.69) is 5.32 Å². The van der Waals surface area contributed by atoms with Crippen LogP contribution in [-0.2, 0) is 14.3 Å². The molecule has 3 amide bonds. The van der Waals surface area contributed by atoms with E-state index < -0.39 is 22.9 Å². The van der Waals surface area contributed by atoms with Gasteiger partial charge in [-0.3, -0.25) is 19.3 Å². The summed E-state index contributed by atoms with van der Waals surface area (Å²) in [4.78, 5) is 40.2. The third-order valence-electron chi connectivity index (χ3n) is 5.13. The van der Waals surface area contributed by atoms with Crippen LogP contribution in [0.25, 0.3) is 6.08 Å². The Morgan fingerprint density at radius 2 is 1.88 bits per heavy atom. The highest BCUT2D eigenvalue weighted by Gasteiger charge is 2.36. The Morgan fingerprint density at radius 3 is 2.56 bits per heavy atom. The summed E-state index contributed by atoms with van der Waals surface area (Å²) in [6.07, 6.45) is 1.47. The molecule has 2 fully saturated rings. The summed E-state index contributed by atoms with van der Waals surface area (Å²) in [5.74, 6) is -1.45. The largest absolute Gasteiger partial charge is 0.378 e. The lowest BCUT2D eigenvalue weighted by atomic mass is 10.1. The van der Waals surface area contributed by atoms with Crippen LogP contribution in [0.1, 0.15) is 11.1 Å². The number of morpholine rings is 1. The van der Waals surface area contributed by atoms with E-state index in [0.29, 0.717) is 43.2 Å². The highest BCUT2D eigenvalue weighted by molar-refractivity contribution is 8.18. The van der Waals surface area contributed by atoms with Crippen LogP contribution in [0.3, 0.4) is 0 Å². The summed E-state index contributed by atoms with van der Waals surface area (Å²) in [5.41, 5.74) is 2.58. The standard InChI is InChI=1S/C23H22FN3O4S/c1-15-2-5-17(6-3-15)25-21(28)14-27-22(29)20(32-23(27)30)13-16-4-7-19(18(24)12-16)26-8-10-31-11-9-26/h2-7,12-13H,8-11,14H2,1H3,(H,25,28)/b20-13-. The van der Waals surface area contributed by atoms with Gasteiger partial charge in [0.15, 0.2) is 0 Å². The van der Waals surface area contributed by atoms with Crippen molar-refractivity contribution in [2.75, 3.05) is 43.1 Å². The topological polar surface area (TPSA) is 79.0 Å². The van der Waals surface area contributed by atoms with Gasteiger partial charge in [0.2, 0.25) is 5.91 Å². The molecule has 2 aromatic rings. The first-order valence-corrected chi connectivity index (χ1v) is 11.0. The second kappa shape index (κ2) is 9.54. The molecule has 166 valence electrons. The number of nitrogens with zero attached hydrogens (tertiary/aromatic N) is 2. The van der Waals surface area contributed by atoms with Crippen molar-refractivity contribution < 1.29 is 23.5 Å². The van der Waals surface area contributed by atoms with Gasteiger partial charge < -0.3 is 15.0 Å². The van der Waals surface area contributed by atoms with Crippen LogP contribution >= 0.6 is 11.8 Å². The zero-order valence-corrected chi connectivity index (χ0v) is 18.3. The molecule has 0 radical (unpaired) electrons. The molecule has 0 spiro atoms. The van der Waals surface area contributed by atoms with Crippen molar-refractivity contribution in [3.63, 3.8) is 0 Å². The van der Waals surface area contributed by atoms with E-state index in [1.807, 2.05) is 24.0 Å². The van der Waals surface area contributed by atoms with Crippen LogP contribution in [0.15, 0.2) is 47.4 Å². The van der Waals surface area contributed by atoms with Gasteiger partial charge >= 0.3 is 0 Å². The number of benzene rings is 2. The van der Waals surface area contributed by atoms with Crippen LogP contribution in [0.5, 0.6) is 0 Å². The SMILES string of the molecule is Cc1ccc(NC(=O)CN2C(=O)S/C(=C\c3ccc(N4CCOCC4)c(F)c3)C2=O)cc1. The van der Waals surface area contributed by atoms with Crippen molar-refractivity contribution in [2.45, 2.75) is 6.92 Å². The van der Waals surface area contributed by atoms with Gasteiger partial charge in [-0.25, -0.2) is 4.39 Å². The number of thioether (sulfide) groups is 1. The van der Waals surface area contributed by atoms with Crippen molar-refractivity contribution in [1.29, 1.82) is 0 Å². The first-order valence-electron chi connectivity index (χ1n) is 10.1. The number of ether oxygens (including phenoxy) is 1. The fraction of sp³-hybridized carbons (Fsp3) is 0.261. The predicted molar refractivity (Wildman–Crippen MR) is 122 cm³/mol. The predicted octanol–water partition coefficient (Wildman–Crippen LogP) is 3.65. The van der Waals surface area contributed by atoms with Gasteiger partial charge in [0.05, 0.1) is 23.8 Å². The zero-order chi connectivity index (χ0) is 22.7. The first-order chi connectivity index (χ1) is 15.4. The molecule has 0 unspecified atom stereocenters. The van der Waals surface area contributed by atoms with Gasteiger partial charge in [0, 0.05) is 18.8 Å². The summed E-state index contributed by atoms with van der Waals surface area (Å²) in [6.45, 7) is 3.86. The lowest BCUT2D eigenvalue weighted by molar-refractivity contribution is -0.127. The van der Waals surface area contributed by atoms with Crippen LogP contribution in [0.4, 0.5) is 20.6 Å². The van der Waals surface area contributed by atoms with Crippen LogP contribution in [0.2, 0.25) is 0 Å². The maximum Gasteiger partial charge on any atom is 0.294 e. The number of halogens is 1. The second-order valence-electron chi connectivity index (χ2n) is 7.49. The summed E-state index contributed by atoms with van der Waals surface area (Å²) < 4.78 is 19.9. The van der Waals surface area contributed by atoms with E-state index in [-0.39, 0.29) is 11.4 Å². The van der Waals surface area contributed by atoms with Gasteiger partial charge in [0.25, 0.3) is 11.1 Å². The van der Waals surface area contributed by atoms with Crippen molar-refractivity contribution >= 4 is 46.3 Å². The van der Waals surface area contributed by atoms with Gasteiger partial charge in [-0.15, -0.1) is 0 Å². The number of nitrogens with one attached hydrogen (secondary N) is 1. The second-order valence-corrected chi connectivity index (χ2v) is 8.49. The number of amides is 3. The molecule has 1 N–H and O–H groups in total. The minimum Gasteiger partial charge on any atom is -0.378 e. The third kappa shape index (κ3) is 5.00. The molecule has 4 rings (SSSR count). The van der Waals surface area contributed by atoms with Crippen LogP contribution < -0.4 is 10.2 Å². The lowest BCUT2D eigenvalue weighted by Crippen LogP contribution is -2.36. The monoisotopic (exact) mass is 455 g/mol. The fourth-order valence-corrected chi connectivity index (χ4v) is 4.28. The third-order valence-corrected chi connectivity index (χ3v) is 6.04. The van der Waals surface area contributed by atoms with E-state index in [1.165, 1.54) is 12.1 Å². The average molecular weight is 456 g/mol. The Balaban J connectivity index is 1.43. The smallest absolute Gasteiger partial charge is 0.294 e. The van der Waals surface area contributed by atoms with E-state index in [0.717, 1.165) is 22.2 Å². The number of hydrogen-bond donors (Lipinski definition) is 1. The minimum absolute atomic E-state index is 0.150. The molecule has 7 nitrogen and oxygen atoms in total. The van der Waals surface area contributed by atoms with E-state index in [1.54, 1.807) is 24.3 Å². The zero-order valence-electron chi connectivity index (χ0n) is 17.5. The summed E-state index contributed by atoms with van der Waals surface area (Å²) >= 11 is 0.734. The number of anilines is 2. The highest BCUT2D eigenvalue weighted by atomic mass is 32.2. The Bertz CT molecular complexity index is 1080. The maximum absolute atomic E-state index is 14.6. The van der Waals surface area contributed by atoms with Gasteiger partial charge in [-0.05, 0) is 54.6 Å². The summed E-state index contributed by atoms with van der Waals surface area (Å²) in [7, 11) is 0. The van der Waals surface area contributed by atoms with Crippen molar-refractivity contribution in [1.82, 2.24) is 4.90 Å². The van der Waals surface area contributed by atoms with Crippen LogP contribution in [-0.4, -0.2) is 54.8 Å². The molecule has 0 saturated carbocycles. The molecule has 32 heavy (non-hydrogen) atoms. The minimum atomic E-state index is -0.572. The molecule has 2 heterocycles. The first kappa shape index (κ1) is 22.0. The number of imide groups is 1. The quantitative estimate of drug-likeness (QED) is 0.694. The number of hydrogen-bond acceptors (Lipinski definition) is 6. The van der Waals surface area contributed by atoms with Crippen molar-refractivity contribution in [2.24, 2.45) is 0 Å². The summed E-state index contributed by atoms with van der Waals surface area (Å²) in [6, 6.07) is 11.9. The Labute approximate surface area is 189 Å². The highest BCUT2D eigenvalue weighted by Crippen LogP contribution is 2.33. The Morgan fingerprint density at radius 1 is 1.16 bits per heavy atom. The van der Waals surface area contributed by atoms with Gasteiger partial charge in [-0.2, -0.15) is 0 Å². The molecule has 0 aromatic heterocycles. The average Bonchev–Trinajstić information content (AvgIpc) is 3.03. The molecule has 2 saturated heterocycles. The molecule has 9 heteroatoms. The van der Waals surface area contributed by atoms with Crippen LogP contribution in [0, 0.1) is 12.7 Å². The van der Waals surface area contributed by atoms with Crippen molar-refractivity contribution in [3.05, 3.63) is 64.3 Å². The normalized spacial score (nSPS) is 17.9. The molecule has 0 bridgehead atoms. The van der Waals surface area contributed by atoms with Gasteiger partial charge in [-0.1, -0.05) is 23.8 Å². The molecule has 2 aliphatic heterocycles. The van der Waals surface area contributed by atoms with E-state index in [4.69, 9.17) is 4.74 Å². The number of carbonyl (C=O) groups excluding carboxylic acids is 3. The summed E-state index contributed by atoms with van der Waals surface area (Å²) in [5, 5.41) is 2.13. The van der Waals surface area contributed by atoms with E-state index in [9.17, 15) is 18.8 Å². The molecule has 0 atom stereocenters. The number of rotatable bonds is 5. The van der Waals surface area contributed by atoms with Crippen molar-refractivity contribution in [3.8, 4) is 0 Å².